The van der Waals surface area contributed by atoms with Gasteiger partial charge in [0.25, 0.3) is 0 Å². The number of hydrogen-bond acceptors (Lipinski definition) is 3. The Morgan fingerprint density at radius 1 is 1.57 bits per heavy atom. The summed E-state index contributed by atoms with van der Waals surface area (Å²) in [5.74, 6) is -0.320. The molecule has 0 spiro atoms. The number of nitrogens with one attached hydrogen (secondary N) is 1. The number of carbonyl (C=O) groups is 2. The number of hydrogen-bond donors (Lipinski definition) is 1. The van der Waals surface area contributed by atoms with Crippen molar-refractivity contribution in [3.05, 3.63) is 22.4 Å². The third-order valence-corrected chi connectivity index (χ3v) is 2.81. The Morgan fingerprint density at radius 2 is 2.29 bits per heavy atom. The standard InChI is InChI=1S/C10H13NO2S/c1-7(12)6-10(13)11-8(2)9-4-3-5-14-9/h3-5,8H,6H2,1-2H3,(H,11,13). The summed E-state index contributed by atoms with van der Waals surface area (Å²) in [5.41, 5.74) is 0. The van der Waals surface area contributed by atoms with Crippen molar-refractivity contribution in [2.45, 2.75) is 26.3 Å². The minimum atomic E-state index is -0.210. The Balaban J connectivity index is 2.45. The molecule has 14 heavy (non-hydrogen) atoms. The van der Waals surface area contributed by atoms with Crippen LogP contribution in [0.4, 0.5) is 0 Å². The van der Waals surface area contributed by atoms with Crippen LogP contribution in [0.3, 0.4) is 0 Å². The van der Waals surface area contributed by atoms with Gasteiger partial charge in [-0.3, -0.25) is 9.59 Å². The van der Waals surface area contributed by atoms with Crippen LogP contribution in [0, 0.1) is 0 Å². The molecule has 1 atom stereocenters. The molecular formula is C10H13NO2S. The molecule has 0 aromatic carbocycles. The molecule has 1 unspecified atom stereocenters. The van der Waals surface area contributed by atoms with Crippen LogP contribution in [0.15, 0.2) is 17.5 Å². The van der Waals surface area contributed by atoms with Crippen molar-refractivity contribution in [3.8, 4) is 0 Å². The van der Waals surface area contributed by atoms with Crippen LogP contribution < -0.4 is 5.32 Å². The molecule has 76 valence electrons. The molecular weight excluding hydrogens is 198 g/mol. The zero-order valence-electron chi connectivity index (χ0n) is 8.24. The first-order valence-corrected chi connectivity index (χ1v) is 5.29. The van der Waals surface area contributed by atoms with Gasteiger partial charge in [0.15, 0.2) is 0 Å². The number of thiophene rings is 1. The molecule has 1 heterocycles. The summed E-state index contributed by atoms with van der Waals surface area (Å²) < 4.78 is 0. The third kappa shape index (κ3) is 3.30. The van der Waals surface area contributed by atoms with E-state index in [9.17, 15) is 9.59 Å². The van der Waals surface area contributed by atoms with Gasteiger partial charge >= 0.3 is 0 Å². The summed E-state index contributed by atoms with van der Waals surface area (Å²) in [4.78, 5) is 23.0. The highest BCUT2D eigenvalue weighted by molar-refractivity contribution is 7.10. The average Bonchev–Trinajstić information content (AvgIpc) is 2.53. The third-order valence-electron chi connectivity index (χ3n) is 1.76. The van der Waals surface area contributed by atoms with E-state index in [0.717, 1.165) is 4.88 Å². The molecule has 0 aliphatic heterocycles. The molecule has 1 amide bonds. The van der Waals surface area contributed by atoms with E-state index in [1.165, 1.54) is 6.92 Å². The maximum absolute atomic E-state index is 11.2. The zero-order chi connectivity index (χ0) is 10.6. The highest BCUT2D eigenvalue weighted by atomic mass is 32.1. The first-order valence-electron chi connectivity index (χ1n) is 4.42. The topological polar surface area (TPSA) is 46.2 Å². The van der Waals surface area contributed by atoms with E-state index in [1.807, 2.05) is 24.4 Å². The van der Waals surface area contributed by atoms with E-state index in [1.54, 1.807) is 11.3 Å². The van der Waals surface area contributed by atoms with E-state index >= 15 is 0 Å². The quantitative estimate of drug-likeness (QED) is 0.773. The summed E-state index contributed by atoms with van der Waals surface area (Å²) in [6, 6.07) is 3.89. The number of carbonyl (C=O) groups excluding carboxylic acids is 2. The minimum absolute atomic E-state index is 0.0122. The largest absolute Gasteiger partial charge is 0.348 e. The summed E-state index contributed by atoms with van der Waals surface area (Å²) >= 11 is 1.59. The van der Waals surface area contributed by atoms with E-state index in [-0.39, 0.29) is 24.2 Å². The Hall–Kier alpha value is -1.16. The first-order chi connectivity index (χ1) is 6.59. The highest BCUT2D eigenvalue weighted by Crippen LogP contribution is 2.17. The number of ketones is 1. The normalized spacial score (nSPS) is 12.1. The lowest BCUT2D eigenvalue weighted by atomic mass is 10.2. The summed E-state index contributed by atoms with van der Waals surface area (Å²) in [7, 11) is 0. The SMILES string of the molecule is CC(=O)CC(=O)NC(C)c1cccs1. The summed E-state index contributed by atoms with van der Waals surface area (Å²) in [6.45, 7) is 3.32. The predicted molar refractivity (Wildman–Crippen MR) is 56.2 cm³/mol. The molecule has 1 aromatic heterocycles. The van der Waals surface area contributed by atoms with Crippen molar-refractivity contribution in [1.29, 1.82) is 0 Å². The van der Waals surface area contributed by atoms with Crippen LogP contribution in [0.2, 0.25) is 0 Å². The fraction of sp³-hybridized carbons (Fsp3) is 0.400. The van der Waals surface area contributed by atoms with Crippen molar-refractivity contribution in [3.63, 3.8) is 0 Å². The van der Waals surface area contributed by atoms with Gasteiger partial charge in [0.2, 0.25) is 5.91 Å². The number of rotatable bonds is 4. The lowest BCUT2D eigenvalue weighted by Crippen LogP contribution is -2.27. The molecule has 0 aliphatic rings. The van der Waals surface area contributed by atoms with Gasteiger partial charge in [-0.25, -0.2) is 0 Å². The van der Waals surface area contributed by atoms with Gasteiger partial charge in [0.05, 0.1) is 12.5 Å². The second kappa shape index (κ2) is 4.91. The predicted octanol–water partition coefficient (Wildman–Crippen LogP) is 1.90. The van der Waals surface area contributed by atoms with Gasteiger partial charge in [-0.15, -0.1) is 11.3 Å². The fourth-order valence-corrected chi connectivity index (χ4v) is 1.86. The van der Waals surface area contributed by atoms with Crippen LogP contribution in [0.1, 0.15) is 31.2 Å². The van der Waals surface area contributed by atoms with Gasteiger partial charge < -0.3 is 5.32 Å². The van der Waals surface area contributed by atoms with E-state index in [4.69, 9.17) is 0 Å². The lowest BCUT2D eigenvalue weighted by Gasteiger charge is -2.10. The Labute approximate surface area is 87.1 Å². The number of amides is 1. The molecule has 0 fully saturated rings. The fourth-order valence-electron chi connectivity index (χ4n) is 1.13. The van der Waals surface area contributed by atoms with E-state index < -0.39 is 0 Å². The molecule has 1 rings (SSSR count). The second-order valence-electron chi connectivity index (χ2n) is 3.18. The monoisotopic (exact) mass is 211 g/mol. The van der Waals surface area contributed by atoms with Crippen LogP contribution in [-0.4, -0.2) is 11.7 Å². The van der Waals surface area contributed by atoms with Crippen molar-refractivity contribution < 1.29 is 9.59 Å². The molecule has 4 heteroatoms. The van der Waals surface area contributed by atoms with E-state index in [0.29, 0.717) is 0 Å². The average molecular weight is 211 g/mol. The molecule has 0 saturated carbocycles. The van der Waals surface area contributed by atoms with Crippen LogP contribution in [0.5, 0.6) is 0 Å². The maximum Gasteiger partial charge on any atom is 0.227 e. The van der Waals surface area contributed by atoms with Gasteiger partial charge in [-0.2, -0.15) is 0 Å². The Morgan fingerprint density at radius 3 is 2.79 bits per heavy atom. The summed E-state index contributed by atoms with van der Waals surface area (Å²) in [5, 5.41) is 4.73. The molecule has 1 N–H and O–H groups in total. The van der Waals surface area contributed by atoms with Crippen molar-refractivity contribution in [1.82, 2.24) is 5.32 Å². The minimum Gasteiger partial charge on any atom is -0.348 e. The van der Waals surface area contributed by atoms with E-state index in [2.05, 4.69) is 5.32 Å². The van der Waals surface area contributed by atoms with Crippen molar-refractivity contribution in [2.24, 2.45) is 0 Å². The molecule has 0 saturated heterocycles. The van der Waals surface area contributed by atoms with Crippen molar-refractivity contribution in [2.75, 3.05) is 0 Å². The van der Waals surface area contributed by atoms with Crippen LogP contribution in [-0.2, 0) is 9.59 Å². The van der Waals surface area contributed by atoms with Gasteiger partial charge in [-0.1, -0.05) is 6.07 Å². The Bertz CT molecular complexity index is 319. The van der Waals surface area contributed by atoms with Gasteiger partial charge in [-0.05, 0) is 25.3 Å². The number of Topliss-reactive ketones (excluding diaryl/α,β-unsaturated/α-hetero) is 1. The van der Waals surface area contributed by atoms with Crippen LogP contribution in [0.25, 0.3) is 0 Å². The zero-order valence-corrected chi connectivity index (χ0v) is 9.06. The van der Waals surface area contributed by atoms with Gasteiger partial charge in [0, 0.05) is 4.88 Å². The van der Waals surface area contributed by atoms with Crippen molar-refractivity contribution >= 4 is 23.0 Å². The maximum atomic E-state index is 11.2. The Kier molecular flexibility index (Phi) is 3.83. The molecule has 0 bridgehead atoms. The van der Waals surface area contributed by atoms with Gasteiger partial charge in [0.1, 0.15) is 5.78 Å². The molecule has 3 nitrogen and oxygen atoms in total. The lowest BCUT2D eigenvalue weighted by molar-refractivity contribution is -0.127. The molecule has 1 aromatic rings. The first kappa shape index (κ1) is 10.9. The molecule has 0 radical (unpaired) electrons. The molecule has 0 aliphatic carbocycles. The second-order valence-corrected chi connectivity index (χ2v) is 4.16. The summed E-state index contributed by atoms with van der Waals surface area (Å²) in [6.07, 6.45) is -0.0320. The smallest absolute Gasteiger partial charge is 0.227 e. The van der Waals surface area contributed by atoms with Crippen LogP contribution >= 0.6 is 11.3 Å². The highest BCUT2D eigenvalue weighted by Gasteiger charge is 2.11.